The van der Waals surface area contributed by atoms with E-state index in [1.807, 2.05) is 0 Å². The molecule has 1 fully saturated rings. The Morgan fingerprint density at radius 3 is 2.67 bits per heavy atom. The first-order chi connectivity index (χ1) is 8.07. The van der Waals surface area contributed by atoms with Crippen molar-refractivity contribution in [1.29, 1.82) is 0 Å². The van der Waals surface area contributed by atoms with Crippen LogP contribution < -0.4 is 5.73 Å². The van der Waals surface area contributed by atoms with Gasteiger partial charge >= 0.3 is 0 Å². The molecule has 102 valence electrons. The quantitative estimate of drug-likeness (QED) is 0.927. The van der Waals surface area contributed by atoms with Crippen molar-refractivity contribution >= 4 is 34.0 Å². The summed E-state index contributed by atoms with van der Waals surface area (Å²) < 4.78 is 26.3. The monoisotopic (exact) mass is 310 g/mol. The molecule has 1 aliphatic heterocycles. The molecule has 1 aromatic carbocycles. The van der Waals surface area contributed by atoms with Crippen LogP contribution in [-0.2, 0) is 10.0 Å². The fourth-order valence-electron chi connectivity index (χ4n) is 2.14. The van der Waals surface area contributed by atoms with Crippen LogP contribution in [0.25, 0.3) is 0 Å². The van der Waals surface area contributed by atoms with Gasteiger partial charge in [0.15, 0.2) is 0 Å². The van der Waals surface area contributed by atoms with Gasteiger partial charge < -0.3 is 5.73 Å². The number of hydrogen-bond donors (Lipinski definition) is 1. The molecule has 1 heterocycles. The van der Waals surface area contributed by atoms with Crippen molar-refractivity contribution in [2.24, 2.45) is 5.73 Å². The molecule has 0 saturated carbocycles. The van der Waals surface area contributed by atoms with E-state index < -0.39 is 10.0 Å². The van der Waals surface area contributed by atoms with Crippen molar-refractivity contribution in [2.45, 2.75) is 23.8 Å². The third-order valence-corrected chi connectivity index (χ3v) is 5.47. The van der Waals surface area contributed by atoms with Crippen molar-refractivity contribution in [3.63, 3.8) is 0 Å². The number of sulfonamides is 1. The number of nitrogens with two attached hydrogens (primary N) is 1. The largest absolute Gasteiger partial charge is 0.329 e. The molecular weight excluding hydrogens is 295 g/mol. The topological polar surface area (TPSA) is 63.4 Å². The molecule has 1 aromatic rings. The van der Waals surface area contributed by atoms with Gasteiger partial charge in [-0.05, 0) is 25.0 Å². The molecule has 0 spiro atoms. The lowest BCUT2D eigenvalue weighted by atomic mass is 10.2. The molecule has 1 saturated heterocycles. The van der Waals surface area contributed by atoms with Crippen LogP contribution in [0.5, 0.6) is 0 Å². The summed E-state index contributed by atoms with van der Waals surface area (Å²) in [6, 6.07) is 6.40. The Bertz CT molecular complexity index is 508. The number of nitrogens with zero attached hydrogens (tertiary/aromatic N) is 1. The molecule has 0 radical (unpaired) electrons. The van der Waals surface area contributed by atoms with Crippen LogP contribution >= 0.6 is 24.0 Å². The molecule has 1 unspecified atom stereocenters. The molecule has 7 heteroatoms. The Kier molecular flexibility index (Phi) is 5.43. The van der Waals surface area contributed by atoms with Gasteiger partial charge in [0, 0.05) is 19.1 Å². The molecule has 2 N–H and O–H groups in total. The van der Waals surface area contributed by atoms with E-state index in [-0.39, 0.29) is 28.4 Å². The van der Waals surface area contributed by atoms with Crippen LogP contribution in [0.15, 0.2) is 29.2 Å². The van der Waals surface area contributed by atoms with Gasteiger partial charge in [0.2, 0.25) is 10.0 Å². The van der Waals surface area contributed by atoms with Crippen LogP contribution in [0, 0.1) is 0 Å². The second-order valence-corrected chi connectivity index (χ2v) is 6.34. The Hall–Kier alpha value is -0.330. The summed E-state index contributed by atoms with van der Waals surface area (Å²) in [5.74, 6) is 0. The molecule has 1 atom stereocenters. The van der Waals surface area contributed by atoms with Crippen molar-refractivity contribution in [3.05, 3.63) is 29.3 Å². The van der Waals surface area contributed by atoms with Crippen LogP contribution in [0.4, 0.5) is 0 Å². The zero-order chi connectivity index (χ0) is 12.5. The lowest BCUT2D eigenvalue weighted by Crippen LogP contribution is -2.39. The second-order valence-electron chi connectivity index (χ2n) is 4.08. The second kappa shape index (κ2) is 6.21. The molecule has 2 rings (SSSR count). The van der Waals surface area contributed by atoms with Crippen molar-refractivity contribution < 1.29 is 8.42 Å². The maximum Gasteiger partial charge on any atom is 0.244 e. The maximum absolute atomic E-state index is 12.4. The van der Waals surface area contributed by atoms with Gasteiger partial charge in [-0.15, -0.1) is 12.4 Å². The van der Waals surface area contributed by atoms with Crippen LogP contribution in [-0.4, -0.2) is 31.9 Å². The number of rotatable bonds is 3. The molecule has 0 aliphatic carbocycles. The Morgan fingerprint density at radius 1 is 1.39 bits per heavy atom. The molecular formula is C11H16Cl2N2O2S. The van der Waals surface area contributed by atoms with Gasteiger partial charge in [-0.1, -0.05) is 23.7 Å². The summed E-state index contributed by atoms with van der Waals surface area (Å²) in [4.78, 5) is 0.169. The lowest BCUT2D eigenvalue weighted by Gasteiger charge is -2.23. The number of benzene rings is 1. The summed E-state index contributed by atoms with van der Waals surface area (Å²) in [7, 11) is -3.51. The van der Waals surface area contributed by atoms with Crippen molar-refractivity contribution in [3.8, 4) is 0 Å². The van der Waals surface area contributed by atoms with Crippen LogP contribution in [0.3, 0.4) is 0 Å². The van der Waals surface area contributed by atoms with Crippen molar-refractivity contribution in [2.75, 3.05) is 13.1 Å². The Labute approximate surface area is 119 Å². The highest BCUT2D eigenvalue weighted by molar-refractivity contribution is 7.89. The van der Waals surface area contributed by atoms with E-state index in [1.165, 1.54) is 10.4 Å². The minimum Gasteiger partial charge on any atom is -0.329 e. The zero-order valence-corrected chi connectivity index (χ0v) is 12.1. The molecule has 4 nitrogen and oxygen atoms in total. The summed E-state index contributed by atoms with van der Waals surface area (Å²) in [6.45, 7) is 0.874. The van der Waals surface area contributed by atoms with Gasteiger partial charge in [0.05, 0.1) is 5.02 Å². The van der Waals surface area contributed by atoms with Gasteiger partial charge in [0.25, 0.3) is 0 Å². The van der Waals surface area contributed by atoms with E-state index in [9.17, 15) is 8.42 Å². The standard InChI is InChI=1S/C11H15ClN2O2S.ClH/c12-10-5-1-2-6-11(10)17(15,16)14-7-3-4-9(14)8-13;/h1-2,5-6,9H,3-4,7-8,13H2;1H. The third-order valence-electron chi connectivity index (χ3n) is 3.02. The highest BCUT2D eigenvalue weighted by Gasteiger charge is 2.35. The van der Waals surface area contributed by atoms with E-state index in [0.29, 0.717) is 13.1 Å². The van der Waals surface area contributed by atoms with E-state index in [2.05, 4.69) is 0 Å². The minimum atomic E-state index is -3.51. The zero-order valence-electron chi connectivity index (χ0n) is 9.75. The van der Waals surface area contributed by atoms with Gasteiger partial charge in [-0.25, -0.2) is 8.42 Å². The fourth-order valence-corrected chi connectivity index (χ4v) is 4.34. The minimum absolute atomic E-state index is 0. The Balaban J connectivity index is 0.00000162. The smallest absolute Gasteiger partial charge is 0.244 e. The summed E-state index contributed by atoms with van der Waals surface area (Å²) >= 11 is 5.94. The molecule has 18 heavy (non-hydrogen) atoms. The number of hydrogen-bond acceptors (Lipinski definition) is 3. The van der Waals surface area contributed by atoms with Gasteiger partial charge in [-0.3, -0.25) is 0 Å². The number of halogens is 2. The maximum atomic E-state index is 12.4. The first kappa shape index (κ1) is 15.7. The average Bonchev–Trinajstić information content (AvgIpc) is 2.78. The fraction of sp³-hybridized carbons (Fsp3) is 0.455. The normalized spacial score (nSPS) is 20.7. The first-order valence-corrected chi connectivity index (χ1v) is 7.35. The third kappa shape index (κ3) is 2.81. The first-order valence-electron chi connectivity index (χ1n) is 5.54. The van der Waals surface area contributed by atoms with E-state index in [1.54, 1.807) is 18.2 Å². The summed E-state index contributed by atoms with van der Waals surface area (Å²) in [6.07, 6.45) is 1.67. The van der Waals surface area contributed by atoms with Crippen LogP contribution in [0.2, 0.25) is 5.02 Å². The predicted molar refractivity (Wildman–Crippen MR) is 74.7 cm³/mol. The predicted octanol–water partition coefficient (Wildman–Crippen LogP) is 1.87. The van der Waals surface area contributed by atoms with E-state index >= 15 is 0 Å². The van der Waals surface area contributed by atoms with Gasteiger partial charge in [0.1, 0.15) is 4.90 Å². The van der Waals surface area contributed by atoms with Gasteiger partial charge in [-0.2, -0.15) is 4.31 Å². The molecule has 1 aliphatic rings. The molecule has 0 aromatic heterocycles. The molecule has 0 amide bonds. The molecule has 0 bridgehead atoms. The highest BCUT2D eigenvalue weighted by atomic mass is 35.5. The SMILES string of the molecule is Cl.NCC1CCCN1S(=O)(=O)c1ccccc1Cl. The summed E-state index contributed by atoms with van der Waals surface area (Å²) in [5, 5.41) is 0.259. The van der Waals surface area contributed by atoms with Crippen molar-refractivity contribution in [1.82, 2.24) is 4.31 Å². The summed E-state index contributed by atoms with van der Waals surface area (Å²) in [5.41, 5.74) is 5.60. The van der Waals surface area contributed by atoms with E-state index in [0.717, 1.165) is 12.8 Å². The Morgan fingerprint density at radius 2 is 2.06 bits per heavy atom. The highest BCUT2D eigenvalue weighted by Crippen LogP contribution is 2.29. The average molecular weight is 311 g/mol. The lowest BCUT2D eigenvalue weighted by molar-refractivity contribution is 0.393. The van der Waals surface area contributed by atoms with E-state index in [4.69, 9.17) is 17.3 Å². The van der Waals surface area contributed by atoms with Crippen LogP contribution in [0.1, 0.15) is 12.8 Å².